The second-order valence-corrected chi connectivity index (χ2v) is 5.56. The Balaban J connectivity index is 1.93. The van der Waals surface area contributed by atoms with Gasteiger partial charge in [0.15, 0.2) is 0 Å². The summed E-state index contributed by atoms with van der Waals surface area (Å²) < 4.78 is 0. The number of aromatic nitrogens is 1. The number of nitrogens with zero attached hydrogens (tertiary/aromatic N) is 2. The second-order valence-electron chi connectivity index (χ2n) is 4.50. The first-order chi connectivity index (χ1) is 9.06. The van der Waals surface area contributed by atoms with Crippen molar-refractivity contribution in [3.05, 3.63) is 45.9 Å². The lowest BCUT2D eigenvalue weighted by Gasteiger charge is -2.12. The van der Waals surface area contributed by atoms with Gasteiger partial charge in [-0.1, -0.05) is 12.1 Å². The molecule has 0 atom stereocenters. The van der Waals surface area contributed by atoms with Crippen molar-refractivity contribution in [2.75, 3.05) is 19.0 Å². The highest BCUT2D eigenvalue weighted by Gasteiger charge is 2.08. The molecule has 0 saturated carbocycles. The Morgan fingerprint density at radius 2 is 2.00 bits per heavy atom. The maximum Gasteiger partial charge on any atom is 0.271 e. The molecular formula is C14H17N3OS. The number of benzene rings is 1. The van der Waals surface area contributed by atoms with Crippen molar-refractivity contribution >= 4 is 22.9 Å². The van der Waals surface area contributed by atoms with Crippen molar-refractivity contribution in [1.82, 2.24) is 10.3 Å². The third kappa shape index (κ3) is 3.54. The van der Waals surface area contributed by atoms with Crippen LogP contribution in [0.1, 0.15) is 21.1 Å². The molecule has 0 unspecified atom stereocenters. The summed E-state index contributed by atoms with van der Waals surface area (Å²) in [4.78, 5) is 18.0. The first kappa shape index (κ1) is 13.5. The molecule has 1 N–H and O–H groups in total. The summed E-state index contributed by atoms with van der Waals surface area (Å²) in [7, 11) is 4.00. The fourth-order valence-electron chi connectivity index (χ4n) is 1.65. The van der Waals surface area contributed by atoms with Crippen molar-refractivity contribution in [3.8, 4) is 0 Å². The number of rotatable bonds is 4. The Hall–Kier alpha value is -1.88. The van der Waals surface area contributed by atoms with Crippen LogP contribution in [0.3, 0.4) is 0 Å². The van der Waals surface area contributed by atoms with E-state index in [9.17, 15) is 4.79 Å². The highest BCUT2D eigenvalue weighted by atomic mass is 32.1. The monoisotopic (exact) mass is 275 g/mol. The lowest BCUT2D eigenvalue weighted by Crippen LogP contribution is -2.23. The Labute approximate surface area is 117 Å². The van der Waals surface area contributed by atoms with Gasteiger partial charge in [-0.25, -0.2) is 4.98 Å². The summed E-state index contributed by atoms with van der Waals surface area (Å²) in [6, 6.07) is 8.10. The van der Waals surface area contributed by atoms with Gasteiger partial charge >= 0.3 is 0 Å². The summed E-state index contributed by atoms with van der Waals surface area (Å²) in [5, 5.41) is 5.55. The topological polar surface area (TPSA) is 45.2 Å². The maximum absolute atomic E-state index is 11.8. The van der Waals surface area contributed by atoms with Crippen LogP contribution in [0.2, 0.25) is 0 Å². The number of hydrogen-bond acceptors (Lipinski definition) is 4. The van der Waals surface area contributed by atoms with Gasteiger partial charge in [0, 0.05) is 31.7 Å². The maximum atomic E-state index is 11.8. The van der Waals surface area contributed by atoms with Crippen LogP contribution in [0, 0.1) is 6.92 Å². The van der Waals surface area contributed by atoms with Gasteiger partial charge in [0.25, 0.3) is 5.91 Å². The SMILES string of the molecule is Cc1nc(C(=O)NCc2ccc(N(C)C)cc2)cs1. The number of hydrogen-bond donors (Lipinski definition) is 1. The summed E-state index contributed by atoms with van der Waals surface area (Å²) >= 11 is 1.48. The van der Waals surface area contributed by atoms with E-state index < -0.39 is 0 Å². The van der Waals surface area contributed by atoms with Gasteiger partial charge in [0.1, 0.15) is 5.69 Å². The molecule has 2 aromatic rings. The molecule has 0 radical (unpaired) electrons. The number of amides is 1. The van der Waals surface area contributed by atoms with Crippen molar-refractivity contribution in [1.29, 1.82) is 0 Å². The van der Waals surface area contributed by atoms with Crippen molar-refractivity contribution in [2.45, 2.75) is 13.5 Å². The van der Waals surface area contributed by atoms with Gasteiger partial charge in [0.05, 0.1) is 5.01 Å². The molecule has 5 heteroatoms. The van der Waals surface area contributed by atoms with E-state index in [-0.39, 0.29) is 5.91 Å². The highest BCUT2D eigenvalue weighted by Crippen LogP contribution is 2.12. The minimum atomic E-state index is -0.124. The van der Waals surface area contributed by atoms with Crippen molar-refractivity contribution in [3.63, 3.8) is 0 Å². The largest absolute Gasteiger partial charge is 0.378 e. The molecule has 0 bridgehead atoms. The van der Waals surface area contributed by atoms with E-state index in [1.165, 1.54) is 11.3 Å². The van der Waals surface area contributed by atoms with Gasteiger partial charge in [-0.05, 0) is 24.6 Å². The molecule has 0 aliphatic heterocycles. The minimum Gasteiger partial charge on any atom is -0.378 e. The van der Waals surface area contributed by atoms with E-state index in [0.29, 0.717) is 12.2 Å². The summed E-state index contributed by atoms with van der Waals surface area (Å²) in [6.07, 6.45) is 0. The molecule has 1 aromatic carbocycles. The van der Waals surface area contributed by atoms with E-state index >= 15 is 0 Å². The quantitative estimate of drug-likeness (QED) is 0.932. The van der Waals surface area contributed by atoms with Gasteiger partial charge in [-0.3, -0.25) is 4.79 Å². The summed E-state index contributed by atoms with van der Waals surface area (Å²) in [5.41, 5.74) is 2.71. The molecule has 0 spiro atoms. The molecule has 0 saturated heterocycles. The second kappa shape index (κ2) is 5.84. The van der Waals surface area contributed by atoms with E-state index in [1.54, 1.807) is 5.38 Å². The van der Waals surface area contributed by atoms with E-state index in [4.69, 9.17) is 0 Å². The zero-order valence-corrected chi connectivity index (χ0v) is 12.1. The molecule has 1 amide bonds. The number of thiazole rings is 1. The first-order valence-corrected chi connectivity index (χ1v) is 6.91. The Kier molecular flexibility index (Phi) is 4.16. The van der Waals surface area contributed by atoms with Crippen LogP contribution in [0.5, 0.6) is 0 Å². The molecule has 1 aromatic heterocycles. The molecule has 2 rings (SSSR count). The lowest BCUT2D eigenvalue weighted by atomic mass is 10.2. The zero-order valence-electron chi connectivity index (χ0n) is 11.3. The fourth-order valence-corrected chi connectivity index (χ4v) is 2.25. The molecule has 19 heavy (non-hydrogen) atoms. The lowest BCUT2D eigenvalue weighted by molar-refractivity contribution is 0.0946. The Morgan fingerprint density at radius 1 is 1.32 bits per heavy atom. The molecule has 0 fully saturated rings. The molecular weight excluding hydrogens is 258 g/mol. The summed E-state index contributed by atoms with van der Waals surface area (Å²) in [6.45, 7) is 2.41. The minimum absolute atomic E-state index is 0.124. The van der Waals surface area contributed by atoms with Crippen LogP contribution < -0.4 is 10.2 Å². The molecule has 0 aliphatic carbocycles. The third-order valence-electron chi connectivity index (χ3n) is 2.76. The number of nitrogens with one attached hydrogen (secondary N) is 1. The number of anilines is 1. The third-order valence-corrected chi connectivity index (χ3v) is 3.53. The predicted molar refractivity (Wildman–Crippen MR) is 78.8 cm³/mol. The normalized spacial score (nSPS) is 10.3. The van der Waals surface area contributed by atoms with Crippen molar-refractivity contribution < 1.29 is 4.79 Å². The van der Waals surface area contributed by atoms with Gasteiger partial charge in [-0.15, -0.1) is 11.3 Å². The molecule has 100 valence electrons. The van der Waals surface area contributed by atoms with Crippen LogP contribution in [0.4, 0.5) is 5.69 Å². The van der Waals surface area contributed by atoms with Gasteiger partial charge < -0.3 is 10.2 Å². The molecule has 0 aliphatic rings. The molecule has 1 heterocycles. The molecule has 4 nitrogen and oxygen atoms in total. The Morgan fingerprint density at radius 3 is 2.53 bits per heavy atom. The zero-order chi connectivity index (χ0) is 13.8. The number of carbonyl (C=O) groups excluding carboxylic acids is 1. The van der Waals surface area contributed by atoms with Crippen LogP contribution in [0.25, 0.3) is 0 Å². The standard InChI is InChI=1S/C14H17N3OS/c1-10-16-13(9-19-10)14(18)15-8-11-4-6-12(7-5-11)17(2)3/h4-7,9H,8H2,1-3H3,(H,15,18). The fraction of sp³-hybridized carbons (Fsp3) is 0.286. The van der Waals surface area contributed by atoms with Crippen LogP contribution in [0.15, 0.2) is 29.6 Å². The van der Waals surface area contributed by atoms with Crippen molar-refractivity contribution in [2.24, 2.45) is 0 Å². The number of carbonyl (C=O) groups is 1. The smallest absolute Gasteiger partial charge is 0.271 e. The van der Waals surface area contributed by atoms with Crippen LogP contribution in [-0.2, 0) is 6.54 Å². The van der Waals surface area contributed by atoms with E-state index in [1.807, 2.05) is 50.2 Å². The average molecular weight is 275 g/mol. The average Bonchev–Trinajstić information content (AvgIpc) is 2.83. The Bertz CT molecular complexity index is 560. The number of aryl methyl sites for hydroxylation is 1. The summed E-state index contributed by atoms with van der Waals surface area (Å²) in [5.74, 6) is -0.124. The highest BCUT2D eigenvalue weighted by molar-refractivity contribution is 7.09. The van der Waals surface area contributed by atoms with Gasteiger partial charge in [0.2, 0.25) is 0 Å². The van der Waals surface area contributed by atoms with Crippen LogP contribution >= 0.6 is 11.3 Å². The van der Waals surface area contributed by atoms with E-state index in [2.05, 4.69) is 10.3 Å². The first-order valence-electron chi connectivity index (χ1n) is 6.03. The van der Waals surface area contributed by atoms with Gasteiger partial charge in [-0.2, -0.15) is 0 Å². The van der Waals surface area contributed by atoms with E-state index in [0.717, 1.165) is 16.3 Å². The van der Waals surface area contributed by atoms with Crippen LogP contribution in [-0.4, -0.2) is 25.0 Å². The predicted octanol–water partition coefficient (Wildman–Crippen LogP) is 2.45.